The van der Waals surface area contributed by atoms with E-state index in [0.29, 0.717) is 5.75 Å². The fourth-order valence-corrected chi connectivity index (χ4v) is 5.36. The van der Waals surface area contributed by atoms with E-state index in [0.717, 1.165) is 17.1 Å². The molecule has 0 atom stereocenters. The van der Waals surface area contributed by atoms with Gasteiger partial charge in [0.15, 0.2) is 0 Å². The molecule has 146 valence electrons. The van der Waals surface area contributed by atoms with Crippen molar-refractivity contribution in [3.63, 3.8) is 0 Å². The molecule has 0 radical (unpaired) electrons. The number of carboxylic acids is 1. The van der Waals surface area contributed by atoms with Gasteiger partial charge in [-0.15, -0.1) is 0 Å². The van der Waals surface area contributed by atoms with Crippen LogP contribution in [-0.2, 0) is 4.79 Å². The Balaban J connectivity index is 0.000000187. The van der Waals surface area contributed by atoms with Crippen molar-refractivity contribution in [1.29, 1.82) is 0 Å². The average Bonchev–Trinajstić information content (AvgIpc) is 2.68. The predicted molar refractivity (Wildman–Crippen MR) is 112 cm³/mol. The largest absolute Gasteiger partial charge is 0.481 e. The number of hydrogen-bond donors (Lipinski definition) is 2. The highest BCUT2D eigenvalue weighted by molar-refractivity contribution is 8.76. The van der Waals surface area contributed by atoms with Crippen LogP contribution in [0.25, 0.3) is 0 Å². The van der Waals surface area contributed by atoms with Crippen LogP contribution in [0.15, 0.2) is 29.4 Å². The first-order valence-corrected chi connectivity index (χ1v) is 12.2. The molecule has 0 bridgehead atoms. The Morgan fingerprint density at radius 2 is 1.65 bits per heavy atom. The second kappa shape index (κ2) is 13.4. The van der Waals surface area contributed by atoms with Crippen LogP contribution >= 0.6 is 21.6 Å². The Morgan fingerprint density at radius 1 is 1.04 bits per heavy atom. The Labute approximate surface area is 165 Å². The Hall–Kier alpha value is -0.720. The normalized spacial score (nSPS) is 18.8. The van der Waals surface area contributed by atoms with Gasteiger partial charge in [0.1, 0.15) is 5.03 Å². The van der Waals surface area contributed by atoms with E-state index >= 15 is 0 Å². The highest BCUT2D eigenvalue weighted by Crippen LogP contribution is 2.29. The SMILES string of the molecule is C1CCC(NC2CCCCC2)CC1.O=C(O)CCSSc1ccccn1. The van der Waals surface area contributed by atoms with Crippen LogP contribution < -0.4 is 5.32 Å². The maximum atomic E-state index is 10.2. The van der Waals surface area contributed by atoms with Crippen molar-refractivity contribution in [3.8, 4) is 0 Å². The molecule has 2 N–H and O–H groups in total. The van der Waals surface area contributed by atoms with Crippen LogP contribution in [0.5, 0.6) is 0 Å². The molecular formula is C20H32N2O2S2. The molecule has 0 amide bonds. The molecule has 0 spiro atoms. The molecule has 2 aliphatic carbocycles. The zero-order valence-electron chi connectivity index (χ0n) is 15.6. The molecule has 4 nitrogen and oxygen atoms in total. The van der Waals surface area contributed by atoms with Gasteiger partial charge in [0, 0.05) is 24.0 Å². The average molecular weight is 397 g/mol. The molecule has 0 aromatic carbocycles. The van der Waals surface area contributed by atoms with Crippen molar-refractivity contribution in [2.24, 2.45) is 0 Å². The molecular weight excluding hydrogens is 364 g/mol. The molecule has 2 fully saturated rings. The third kappa shape index (κ3) is 9.83. The number of carboxylic acid groups (broad SMARTS) is 1. The molecule has 2 aliphatic rings. The van der Waals surface area contributed by atoms with Gasteiger partial charge in [0.05, 0.1) is 6.42 Å². The van der Waals surface area contributed by atoms with E-state index in [4.69, 9.17) is 5.11 Å². The van der Waals surface area contributed by atoms with Gasteiger partial charge in [-0.2, -0.15) is 0 Å². The number of aromatic nitrogens is 1. The lowest BCUT2D eigenvalue weighted by Gasteiger charge is -2.30. The lowest BCUT2D eigenvalue weighted by molar-refractivity contribution is -0.136. The summed E-state index contributed by atoms with van der Waals surface area (Å²) in [5, 5.41) is 13.1. The second-order valence-electron chi connectivity index (χ2n) is 7.05. The van der Waals surface area contributed by atoms with Crippen molar-refractivity contribution < 1.29 is 9.90 Å². The first-order valence-electron chi connectivity index (χ1n) is 9.92. The Kier molecular flexibility index (Phi) is 11.2. The van der Waals surface area contributed by atoms with Crippen molar-refractivity contribution in [2.75, 3.05) is 5.75 Å². The standard InChI is InChI=1S/C12H23N.C8H9NO2S2/c1-3-7-11(8-4-1)13-12-9-5-2-6-10-12;10-8(11)4-6-12-13-7-3-1-2-5-9-7/h11-13H,1-10H2;1-3,5H,4,6H2,(H,10,11). The zero-order valence-corrected chi connectivity index (χ0v) is 17.2. The number of carbonyl (C=O) groups is 1. The van der Waals surface area contributed by atoms with Crippen LogP contribution in [0, 0.1) is 0 Å². The van der Waals surface area contributed by atoms with Gasteiger partial charge in [0.2, 0.25) is 0 Å². The Morgan fingerprint density at radius 3 is 2.15 bits per heavy atom. The number of pyridine rings is 1. The minimum Gasteiger partial charge on any atom is -0.481 e. The molecule has 26 heavy (non-hydrogen) atoms. The summed E-state index contributed by atoms with van der Waals surface area (Å²) in [6.07, 6.45) is 16.5. The molecule has 6 heteroatoms. The summed E-state index contributed by atoms with van der Waals surface area (Å²) >= 11 is 0. The third-order valence-corrected chi connectivity index (χ3v) is 7.13. The summed E-state index contributed by atoms with van der Waals surface area (Å²) in [6.45, 7) is 0. The quantitative estimate of drug-likeness (QED) is 0.466. The van der Waals surface area contributed by atoms with Gasteiger partial charge < -0.3 is 10.4 Å². The van der Waals surface area contributed by atoms with Gasteiger partial charge in [-0.1, -0.05) is 55.4 Å². The van der Waals surface area contributed by atoms with E-state index in [-0.39, 0.29) is 6.42 Å². The van der Waals surface area contributed by atoms with E-state index in [1.54, 1.807) is 6.20 Å². The summed E-state index contributed by atoms with van der Waals surface area (Å²) in [4.78, 5) is 14.3. The zero-order chi connectivity index (χ0) is 18.5. The smallest absolute Gasteiger partial charge is 0.304 e. The predicted octanol–water partition coefficient (Wildman–Crippen LogP) is 5.54. The molecule has 1 aromatic heterocycles. The maximum absolute atomic E-state index is 10.2. The summed E-state index contributed by atoms with van der Waals surface area (Å²) in [6, 6.07) is 7.41. The second-order valence-corrected chi connectivity index (χ2v) is 9.49. The van der Waals surface area contributed by atoms with E-state index in [1.165, 1.54) is 85.8 Å². The fourth-order valence-electron chi connectivity index (χ4n) is 3.50. The molecule has 0 saturated heterocycles. The first kappa shape index (κ1) is 21.6. The topological polar surface area (TPSA) is 62.2 Å². The summed E-state index contributed by atoms with van der Waals surface area (Å²) in [5.41, 5.74) is 0. The number of hydrogen-bond acceptors (Lipinski definition) is 5. The number of nitrogens with one attached hydrogen (secondary N) is 1. The number of nitrogens with zero attached hydrogens (tertiary/aromatic N) is 1. The number of aliphatic carboxylic acids is 1. The van der Waals surface area contributed by atoms with Gasteiger partial charge in [0.25, 0.3) is 0 Å². The monoisotopic (exact) mass is 396 g/mol. The van der Waals surface area contributed by atoms with Gasteiger partial charge in [-0.25, -0.2) is 4.98 Å². The molecule has 0 aliphatic heterocycles. The van der Waals surface area contributed by atoms with Crippen LogP contribution in [0.3, 0.4) is 0 Å². The van der Waals surface area contributed by atoms with Crippen LogP contribution in [-0.4, -0.2) is 33.9 Å². The third-order valence-electron chi connectivity index (χ3n) is 4.86. The minimum atomic E-state index is -0.755. The highest BCUT2D eigenvalue weighted by atomic mass is 33.1. The summed E-state index contributed by atoms with van der Waals surface area (Å²) in [7, 11) is 3.01. The number of rotatable bonds is 7. The fraction of sp³-hybridized carbons (Fsp3) is 0.700. The molecule has 3 rings (SSSR count). The molecule has 2 saturated carbocycles. The van der Waals surface area contributed by atoms with Gasteiger partial charge >= 0.3 is 5.97 Å². The van der Waals surface area contributed by atoms with Crippen molar-refractivity contribution in [2.45, 2.75) is 87.7 Å². The van der Waals surface area contributed by atoms with Crippen LogP contribution in [0.2, 0.25) is 0 Å². The van der Waals surface area contributed by atoms with E-state index in [9.17, 15) is 4.79 Å². The summed E-state index contributed by atoms with van der Waals surface area (Å²) in [5.74, 6) is -0.148. The lowest BCUT2D eigenvalue weighted by atomic mass is 9.91. The Bertz CT molecular complexity index is 474. The molecule has 1 heterocycles. The van der Waals surface area contributed by atoms with Crippen LogP contribution in [0.1, 0.15) is 70.6 Å². The van der Waals surface area contributed by atoms with E-state index < -0.39 is 5.97 Å². The lowest BCUT2D eigenvalue weighted by Crippen LogP contribution is -2.40. The van der Waals surface area contributed by atoms with Gasteiger partial charge in [-0.05, 0) is 48.6 Å². The molecule has 1 aromatic rings. The van der Waals surface area contributed by atoms with Crippen molar-refractivity contribution in [3.05, 3.63) is 24.4 Å². The van der Waals surface area contributed by atoms with E-state index in [2.05, 4.69) is 10.3 Å². The first-order chi connectivity index (χ1) is 12.7. The van der Waals surface area contributed by atoms with Crippen molar-refractivity contribution in [1.82, 2.24) is 10.3 Å². The maximum Gasteiger partial charge on any atom is 0.304 e. The van der Waals surface area contributed by atoms with Crippen LogP contribution in [0.4, 0.5) is 0 Å². The summed E-state index contributed by atoms with van der Waals surface area (Å²) < 4.78 is 0. The van der Waals surface area contributed by atoms with Gasteiger partial charge in [-0.3, -0.25) is 4.79 Å². The molecule has 0 unspecified atom stereocenters. The van der Waals surface area contributed by atoms with E-state index in [1.807, 2.05) is 18.2 Å². The highest BCUT2D eigenvalue weighted by Gasteiger charge is 2.19. The minimum absolute atomic E-state index is 0.199. The van der Waals surface area contributed by atoms with Crippen molar-refractivity contribution >= 4 is 27.6 Å².